The molecule has 0 spiro atoms. The number of rotatable bonds is 6. The molecule has 35 heavy (non-hydrogen) atoms. The highest BCUT2D eigenvalue weighted by atomic mass is 16.5. The van der Waals surface area contributed by atoms with E-state index in [2.05, 4.69) is 10.1 Å². The standard InChI is InChI=1S/C25H27N5O5/c1-32-15-6-8-19(33-2)16(12-15)23-22-17(27-25-28-24(26)29-30(23)25)9-14(10-18(22)31)13-5-7-20(34-3)21(11-13)35-4/h5-8,11-12,14,22-23H,9-10H2,1-4H3,(H2,26,29). The zero-order valence-electron chi connectivity index (χ0n) is 20.0. The quantitative estimate of drug-likeness (QED) is 0.573. The Hall–Kier alpha value is -4.08. The Morgan fingerprint density at radius 1 is 0.914 bits per heavy atom. The summed E-state index contributed by atoms with van der Waals surface area (Å²) in [4.78, 5) is 22.8. The molecule has 1 aliphatic heterocycles. The lowest BCUT2D eigenvalue weighted by Crippen LogP contribution is -2.41. The average Bonchev–Trinajstić information content (AvgIpc) is 3.25. The zero-order valence-corrected chi connectivity index (χ0v) is 20.0. The van der Waals surface area contributed by atoms with Crippen LogP contribution < -0.4 is 24.7 Å². The predicted molar refractivity (Wildman–Crippen MR) is 129 cm³/mol. The molecule has 2 N–H and O–H groups in total. The number of carbonyl (C=O) groups is 1. The van der Waals surface area contributed by atoms with E-state index >= 15 is 0 Å². The van der Waals surface area contributed by atoms with Crippen molar-refractivity contribution in [1.82, 2.24) is 14.8 Å². The number of ketones is 1. The number of aromatic nitrogens is 3. The van der Waals surface area contributed by atoms with Gasteiger partial charge in [0.25, 0.3) is 0 Å². The number of nitrogen functional groups attached to an aromatic ring is 1. The van der Waals surface area contributed by atoms with Gasteiger partial charge >= 0.3 is 0 Å². The van der Waals surface area contributed by atoms with E-state index in [0.717, 1.165) is 16.8 Å². The fourth-order valence-electron chi connectivity index (χ4n) is 5.07. The molecule has 2 aromatic carbocycles. The molecule has 1 fully saturated rings. The fraction of sp³-hybridized carbons (Fsp3) is 0.360. The van der Waals surface area contributed by atoms with Gasteiger partial charge in [0.05, 0.1) is 40.4 Å². The van der Waals surface area contributed by atoms with Crippen LogP contribution in [-0.4, -0.2) is 54.7 Å². The van der Waals surface area contributed by atoms with Gasteiger partial charge in [0.15, 0.2) is 11.5 Å². The number of nitrogens with two attached hydrogens (primary N) is 1. The molecule has 0 amide bonds. The van der Waals surface area contributed by atoms with Crippen LogP contribution in [0, 0.1) is 5.92 Å². The van der Waals surface area contributed by atoms with Gasteiger partial charge in [-0.1, -0.05) is 6.07 Å². The second-order valence-electron chi connectivity index (χ2n) is 8.53. The van der Waals surface area contributed by atoms with Gasteiger partial charge in [0.1, 0.15) is 17.3 Å². The van der Waals surface area contributed by atoms with Crippen LogP contribution in [0.3, 0.4) is 0 Å². The maximum Gasteiger partial charge on any atom is 0.250 e. The highest BCUT2D eigenvalue weighted by Gasteiger charge is 2.46. The van der Waals surface area contributed by atoms with Crippen molar-refractivity contribution in [3.63, 3.8) is 0 Å². The Morgan fingerprint density at radius 2 is 1.66 bits per heavy atom. The van der Waals surface area contributed by atoms with Crippen LogP contribution in [-0.2, 0) is 4.79 Å². The predicted octanol–water partition coefficient (Wildman–Crippen LogP) is 3.33. The lowest BCUT2D eigenvalue weighted by atomic mass is 9.71. The fourth-order valence-corrected chi connectivity index (χ4v) is 5.07. The number of methoxy groups -OCH3 is 4. The van der Waals surface area contributed by atoms with Crippen molar-refractivity contribution in [2.24, 2.45) is 10.9 Å². The molecule has 0 saturated heterocycles. The molecule has 0 bridgehead atoms. The molecule has 2 heterocycles. The van der Waals surface area contributed by atoms with Gasteiger partial charge in [-0.2, -0.15) is 4.98 Å². The monoisotopic (exact) mass is 477 g/mol. The molecule has 5 rings (SSSR count). The Balaban J connectivity index is 1.59. The van der Waals surface area contributed by atoms with Gasteiger partial charge in [-0.25, -0.2) is 9.67 Å². The Kier molecular flexibility index (Phi) is 5.80. The molecule has 0 radical (unpaired) electrons. The SMILES string of the molecule is COc1ccc(OC)c(C2C3C(=O)CC(c4ccc(OC)c(OC)c4)CC3=Nc3nc(N)nn32)c1. The molecule has 2 aliphatic rings. The number of ether oxygens (including phenoxy) is 4. The molecular weight excluding hydrogens is 450 g/mol. The van der Waals surface area contributed by atoms with Crippen molar-refractivity contribution in [3.8, 4) is 23.0 Å². The van der Waals surface area contributed by atoms with E-state index in [9.17, 15) is 4.79 Å². The molecule has 10 heteroatoms. The minimum Gasteiger partial charge on any atom is -0.497 e. The molecule has 1 aromatic heterocycles. The third-order valence-corrected chi connectivity index (χ3v) is 6.70. The van der Waals surface area contributed by atoms with Crippen molar-refractivity contribution in [2.45, 2.75) is 24.8 Å². The average molecular weight is 478 g/mol. The van der Waals surface area contributed by atoms with E-state index in [4.69, 9.17) is 29.7 Å². The summed E-state index contributed by atoms with van der Waals surface area (Å²) in [6, 6.07) is 10.7. The Morgan fingerprint density at radius 3 is 2.37 bits per heavy atom. The minimum absolute atomic E-state index is 0.0584. The first kappa shape index (κ1) is 22.7. The summed E-state index contributed by atoms with van der Waals surface area (Å²) in [5.41, 5.74) is 8.44. The largest absolute Gasteiger partial charge is 0.497 e. The number of benzene rings is 2. The van der Waals surface area contributed by atoms with Crippen LogP contribution in [0.2, 0.25) is 0 Å². The van der Waals surface area contributed by atoms with Crippen LogP contribution in [0.4, 0.5) is 11.9 Å². The highest BCUT2D eigenvalue weighted by Crippen LogP contribution is 2.47. The van der Waals surface area contributed by atoms with Crippen LogP contribution in [0.1, 0.15) is 35.9 Å². The maximum absolute atomic E-state index is 13.7. The molecule has 1 saturated carbocycles. The number of nitrogens with zero attached hydrogens (tertiary/aromatic N) is 4. The second kappa shape index (κ2) is 8.94. The summed E-state index contributed by atoms with van der Waals surface area (Å²) in [7, 11) is 6.38. The van der Waals surface area contributed by atoms with Gasteiger partial charge < -0.3 is 24.7 Å². The number of carbonyl (C=O) groups excluding carboxylic acids is 1. The van der Waals surface area contributed by atoms with E-state index in [1.54, 1.807) is 33.1 Å². The summed E-state index contributed by atoms with van der Waals surface area (Å²) in [6.45, 7) is 0. The molecular formula is C25H27N5O5. The van der Waals surface area contributed by atoms with Crippen molar-refractivity contribution in [3.05, 3.63) is 47.5 Å². The number of anilines is 1. The summed E-state index contributed by atoms with van der Waals surface area (Å²) >= 11 is 0. The van der Waals surface area contributed by atoms with E-state index in [1.165, 1.54) is 0 Å². The van der Waals surface area contributed by atoms with Crippen molar-refractivity contribution in [1.29, 1.82) is 0 Å². The van der Waals surface area contributed by atoms with Crippen molar-refractivity contribution < 1.29 is 23.7 Å². The Bertz CT molecular complexity index is 1320. The van der Waals surface area contributed by atoms with Crippen LogP contribution in [0.15, 0.2) is 41.4 Å². The lowest BCUT2D eigenvalue weighted by molar-refractivity contribution is -0.122. The van der Waals surface area contributed by atoms with E-state index in [1.807, 2.05) is 36.4 Å². The summed E-state index contributed by atoms with van der Waals surface area (Å²) < 4.78 is 23.6. The topological polar surface area (TPSA) is 123 Å². The van der Waals surface area contributed by atoms with E-state index in [0.29, 0.717) is 41.8 Å². The first-order valence-corrected chi connectivity index (χ1v) is 11.2. The smallest absolute Gasteiger partial charge is 0.250 e. The molecule has 1 aliphatic carbocycles. The van der Waals surface area contributed by atoms with Gasteiger partial charge in [-0.3, -0.25) is 4.79 Å². The van der Waals surface area contributed by atoms with Gasteiger partial charge in [-0.15, -0.1) is 5.10 Å². The summed E-state index contributed by atoms with van der Waals surface area (Å²) in [5.74, 6) is 2.46. The molecule has 10 nitrogen and oxygen atoms in total. The summed E-state index contributed by atoms with van der Waals surface area (Å²) in [6.07, 6.45) is 0.933. The lowest BCUT2D eigenvalue weighted by Gasteiger charge is -2.37. The summed E-state index contributed by atoms with van der Waals surface area (Å²) in [5, 5.41) is 4.38. The van der Waals surface area contributed by atoms with Crippen molar-refractivity contribution in [2.75, 3.05) is 34.2 Å². The molecule has 3 unspecified atom stereocenters. The number of hydrogen-bond donors (Lipinski definition) is 1. The van der Waals surface area contributed by atoms with Crippen LogP contribution in [0.5, 0.6) is 23.0 Å². The number of hydrogen-bond acceptors (Lipinski definition) is 9. The van der Waals surface area contributed by atoms with Crippen LogP contribution >= 0.6 is 0 Å². The second-order valence-corrected chi connectivity index (χ2v) is 8.53. The van der Waals surface area contributed by atoms with E-state index in [-0.39, 0.29) is 17.6 Å². The van der Waals surface area contributed by atoms with Crippen molar-refractivity contribution >= 4 is 23.4 Å². The highest BCUT2D eigenvalue weighted by molar-refractivity contribution is 6.10. The number of fused-ring (bicyclic) bond motifs is 2. The van der Waals surface area contributed by atoms with Gasteiger partial charge in [-0.05, 0) is 48.2 Å². The first-order valence-electron chi connectivity index (χ1n) is 11.2. The Labute approximate surface area is 202 Å². The maximum atomic E-state index is 13.7. The third kappa shape index (κ3) is 3.84. The number of Topliss-reactive ketones (excluding diaryl/α,β-unsaturated/α-hetero) is 1. The molecule has 182 valence electrons. The van der Waals surface area contributed by atoms with Crippen LogP contribution in [0.25, 0.3) is 0 Å². The zero-order chi connectivity index (χ0) is 24.7. The third-order valence-electron chi connectivity index (χ3n) is 6.70. The normalized spacial score (nSPS) is 21.0. The number of aliphatic imine (C=N–C) groups is 1. The van der Waals surface area contributed by atoms with Gasteiger partial charge in [0, 0.05) is 17.7 Å². The molecule has 3 atom stereocenters. The van der Waals surface area contributed by atoms with E-state index < -0.39 is 12.0 Å². The molecule has 3 aromatic rings. The first-order chi connectivity index (χ1) is 17.0. The van der Waals surface area contributed by atoms with Gasteiger partial charge in [0.2, 0.25) is 11.9 Å². The minimum atomic E-state index is -0.527.